The Kier molecular flexibility index (Phi) is 5.15. The number of halogens is 1. The molecule has 1 aliphatic heterocycles. The zero-order valence-corrected chi connectivity index (χ0v) is 17.0. The van der Waals surface area contributed by atoms with Crippen molar-refractivity contribution in [3.63, 3.8) is 0 Å². The fraction of sp³-hybridized carbons (Fsp3) is 0.211. The van der Waals surface area contributed by atoms with Gasteiger partial charge in [0.25, 0.3) is 0 Å². The lowest BCUT2D eigenvalue weighted by Gasteiger charge is -2.22. The van der Waals surface area contributed by atoms with Gasteiger partial charge in [-0.1, -0.05) is 41.6 Å². The lowest BCUT2D eigenvalue weighted by atomic mass is 10.1. The minimum atomic E-state index is -0.628. The first-order valence-corrected chi connectivity index (χ1v) is 9.97. The fourth-order valence-electron chi connectivity index (χ4n) is 3.03. The van der Waals surface area contributed by atoms with Gasteiger partial charge in [0.2, 0.25) is 17.3 Å². The van der Waals surface area contributed by atoms with Crippen LogP contribution in [0.3, 0.4) is 0 Å². The lowest BCUT2D eigenvalue weighted by molar-refractivity contribution is 0.218. The summed E-state index contributed by atoms with van der Waals surface area (Å²) in [6, 6.07) is 11.2. The predicted octanol–water partition coefficient (Wildman–Crippen LogP) is 4.43. The molecule has 0 amide bonds. The van der Waals surface area contributed by atoms with Crippen LogP contribution in [0.25, 0.3) is 11.3 Å². The van der Waals surface area contributed by atoms with E-state index in [2.05, 4.69) is 20.5 Å². The van der Waals surface area contributed by atoms with E-state index in [0.29, 0.717) is 38.8 Å². The molecule has 9 heteroatoms. The summed E-state index contributed by atoms with van der Waals surface area (Å²) >= 11 is 7.70. The monoisotopic (exact) mass is 416 g/mol. The molecule has 2 aromatic carbocycles. The quantitative estimate of drug-likeness (QED) is 0.625. The smallest absolute Gasteiger partial charge is 0.247 e. The molecular formula is C19H17ClN4O3S. The molecule has 0 fully saturated rings. The number of benzene rings is 2. The Hall–Kier alpha value is -2.71. The van der Waals surface area contributed by atoms with Crippen LogP contribution in [0.5, 0.6) is 17.4 Å². The van der Waals surface area contributed by atoms with Crippen molar-refractivity contribution < 1.29 is 14.2 Å². The zero-order chi connectivity index (χ0) is 19.7. The third kappa shape index (κ3) is 3.29. The second kappa shape index (κ2) is 7.73. The van der Waals surface area contributed by atoms with E-state index in [1.165, 1.54) is 11.8 Å². The molecule has 28 heavy (non-hydrogen) atoms. The van der Waals surface area contributed by atoms with Gasteiger partial charge in [0.1, 0.15) is 0 Å². The maximum Gasteiger partial charge on any atom is 0.247 e. The van der Waals surface area contributed by atoms with E-state index in [1.54, 1.807) is 26.4 Å². The number of fused-ring (bicyclic) bond motifs is 3. The predicted molar refractivity (Wildman–Crippen MR) is 109 cm³/mol. The standard InChI is InChI=1S/C19H17ClN4O3S/c1-25-14-9-10(20)8-12(16(14)26-2)17-21-13-7-5-4-6-11(13)15-18(27-17)22-19(28-3)24-23-15/h4-9,17,21H,1-3H3/t17-/m0/s1. The van der Waals surface area contributed by atoms with E-state index in [1.807, 2.05) is 30.5 Å². The highest BCUT2D eigenvalue weighted by atomic mass is 35.5. The Morgan fingerprint density at radius 2 is 1.96 bits per heavy atom. The van der Waals surface area contributed by atoms with Gasteiger partial charge in [-0.3, -0.25) is 0 Å². The van der Waals surface area contributed by atoms with Gasteiger partial charge in [0, 0.05) is 22.3 Å². The van der Waals surface area contributed by atoms with Crippen LogP contribution in [0, 0.1) is 0 Å². The second-order valence-corrected chi connectivity index (χ2v) is 7.08. The molecule has 1 N–H and O–H groups in total. The third-order valence-corrected chi connectivity index (χ3v) is 5.03. The maximum atomic E-state index is 6.31. The molecule has 0 unspecified atom stereocenters. The zero-order valence-electron chi connectivity index (χ0n) is 15.4. The highest BCUT2D eigenvalue weighted by molar-refractivity contribution is 7.98. The topological polar surface area (TPSA) is 78.4 Å². The molecule has 1 aromatic heterocycles. The maximum absolute atomic E-state index is 6.31. The molecular weight excluding hydrogens is 400 g/mol. The van der Waals surface area contributed by atoms with Crippen LogP contribution in [0.1, 0.15) is 11.8 Å². The van der Waals surface area contributed by atoms with Gasteiger partial charge in [-0.25, -0.2) is 0 Å². The minimum absolute atomic E-state index is 0.378. The van der Waals surface area contributed by atoms with E-state index in [9.17, 15) is 0 Å². The molecule has 0 bridgehead atoms. The number of rotatable bonds is 4. The van der Waals surface area contributed by atoms with Crippen molar-refractivity contribution in [2.24, 2.45) is 0 Å². The van der Waals surface area contributed by atoms with Crippen molar-refractivity contribution >= 4 is 29.1 Å². The molecule has 0 aliphatic carbocycles. The van der Waals surface area contributed by atoms with Crippen LogP contribution >= 0.6 is 23.4 Å². The van der Waals surface area contributed by atoms with Crippen LogP contribution < -0.4 is 19.5 Å². The number of hydrogen-bond donors (Lipinski definition) is 1. The van der Waals surface area contributed by atoms with E-state index in [0.717, 1.165) is 11.3 Å². The molecule has 0 spiro atoms. The van der Waals surface area contributed by atoms with Gasteiger partial charge in [-0.2, -0.15) is 4.98 Å². The van der Waals surface area contributed by atoms with E-state index < -0.39 is 6.23 Å². The number of hydrogen-bond acceptors (Lipinski definition) is 8. The molecule has 2 heterocycles. The number of para-hydroxylation sites is 1. The van der Waals surface area contributed by atoms with Crippen molar-refractivity contribution in [2.75, 3.05) is 25.8 Å². The molecule has 1 atom stereocenters. The Balaban J connectivity index is 1.90. The summed E-state index contributed by atoms with van der Waals surface area (Å²) in [5.74, 6) is 1.42. The number of nitrogens with one attached hydrogen (secondary N) is 1. The average molecular weight is 417 g/mol. The third-order valence-electron chi connectivity index (χ3n) is 4.27. The normalized spacial score (nSPS) is 14.8. The number of ether oxygens (including phenoxy) is 3. The summed E-state index contributed by atoms with van der Waals surface area (Å²) in [5.41, 5.74) is 2.93. The van der Waals surface area contributed by atoms with Crippen LogP contribution in [0.4, 0.5) is 5.69 Å². The number of aromatic nitrogens is 3. The summed E-state index contributed by atoms with van der Waals surface area (Å²) in [6.45, 7) is 0. The van der Waals surface area contributed by atoms with Gasteiger partial charge < -0.3 is 19.5 Å². The van der Waals surface area contributed by atoms with Gasteiger partial charge in [-0.05, 0) is 18.4 Å². The van der Waals surface area contributed by atoms with Gasteiger partial charge in [0.15, 0.2) is 17.2 Å². The molecule has 7 nitrogen and oxygen atoms in total. The first-order valence-electron chi connectivity index (χ1n) is 8.37. The van der Waals surface area contributed by atoms with Crippen molar-refractivity contribution in [1.29, 1.82) is 0 Å². The Morgan fingerprint density at radius 1 is 1.14 bits per heavy atom. The van der Waals surface area contributed by atoms with Crippen molar-refractivity contribution in [1.82, 2.24) is 15.2 Å². The first kappa shape index (κ1) is 18.6. The van der Waals surface area contributed by atoms with E-state index in [4.69, 9.17) is 25.8 Å². The van der Waals surface area contributed by atoms with E-state index in [-0.39, 0.29) is 0 Å². The highest BCUT2D eigenvalue weighted by Crippen LogP contribution is 2.44. The largest absolute Gasteiger partial charge is 0.493 e. The Bertz CT molecular complexity index is 1030. The van der Waals surface area contributed by atoms with Gasteiger partial charge in [-0.15, -0.1) is 10.2 Å². The fourth-order valence-corrected chi connectivity index (χ4v) is 3.54. The van der Waals surface area contributed by atoms with Crippen LogP contribution in [0.2, 0.25) is 5.02 Å². The van der Waals surface area contributed by atoms with Crippen molar-refractivity contribution in [3.8, 4) is 28.6 Å². The number of methoxy groups -OCH3 is 2. The molecule has 0 saturated heterocycles. The molecule has 144 valence electrons. The minimum Gasteiger partial charge on any atom is -0.493 e. The number of thioether (sulfide) groups is 1. The highest BCUT2D eigenvalue weighted by Gasteiger charge is 2.29. The van der Waals surface area contributed by atoms with Gasteiger partial charge >= 0.3 is 0 Å². The van der Waals surface area contributed by atoms with Crippen LogP contribution in [-0.2, 0) is 0 Å². The first-order chi connectivity index (χ1) is 13.6. The second-order valence-electron chi connectivity index (χ2n) is 5.87. The van der Waals surface area contributed by atoms with Crippen LogP contribution in [-0.4, -0.2) is 35.7 Å². The Morgan fingerprint density at radius 3 is 2.71 bits per heavy atom. The summed E-state index contributed by atoms with van der Waals surface area (Å²) in [4.78, 5) is 4.51. The number of nitrogens with zero attached hydrogens (tertiary/aromatic N) is 3. The van der Waals surface area contributed by atoms with Crippen molar-refractivity contribution in [2.45, 2.75) is 11.4 Å². The summed E-state index contributed by atoms with van der Waals surface area (Å²) in [6.07, 6.45) is 1.26. The average Bonchev–Trinajstić information content (AvgIpc) is 2.89. The molecule has 0 radical (unpaired) electrons. The summed E-state index contributed by atoms with van der Waals surface area (Å²) < 4.78 is 17.2. The van der Waals surface area contributed by atoms with Crippen molar-refractivity contribution in [3.05, 3.63) is 47.0 Å². The summed E-state index contributed by atoms with van der Waals surface area (Å²) in [7, 11) is 3.13. The number of anilines is 1. The van der Waals surface area contributed by atoms with Gasteiger partial charge in [0.05, 0.1) is 19.8 Å². The molecule has 4 rings (SSSR count). The molecule has 3 aromatic rings. The molecule has 1 aliphatic rings. The SMILES string of the molecule is COc1cc(Cl)cc([C@H]2Nc3ccccc3-c3nnc(SC)nc3O2)c1OC. The molecule has 0 saturated carbocycles. The van der Waals surface area contributed by atoms with E-state index >= 15 is 0 Å². The van der Waals surface area contributed by atoms with Crippen LogP contribution in [0.15, 0.2) is 41.6 Å². The summed E-state index contributed by atoms with van der Waals surface area (Å²) in [5, 5.41) is 12.9. The lowest BCUT2D eigenvalue weighted by Crippen LogP contribution is -2.18. The Labute approximate surface area is 171 Å².